The number of hydrogen-bond acceptors (Lipinski definition) is 4. The minimum absolute atomic E-state index is 0.00288. The van der Waals surface area contributed by atoms with Crippen LogP contribution in [0.4, 0.5) is 0 Å². The molecule has 0 spiro atoms. The van der Waals surface area contributed by atoms with Gasteiger partial charge >= 0.3 is 0 Å². The van der Waals surface area contributed by atoms with Gasteiger partial charge in [-0.15, -0.1) is 0 Å². The predicted octanol–water partition coefficient (Wildman–Crippen LogP) is 4.02. The van der Waals surface area contributed by atoms with Gasteiger partial charge in [0.1, 0.15) is 0 Å². The number of hydrogen-bond donors (Lipinski definition) is 0. The van der Waals surface area contributed by atoms with Crippen molar-refractivity contribution in [3.8, 4) is 6.07 Å². The van der Waals surface area contributed by atoms with E-state index in [9.17, 15) is 9.59 Å². The van der Waals surface area contributed by atoms with Crippen molar-refractivity contribution in [2.24, 2.45) is 0 Å². The summed E-state index contributed by atoms with van der Waals surface area (Å²) in [4.78, 5) is 29.1. The van der Waals surface area contributed by atoms with E-state index in [1.54, 1.807) is 12.1 Å². The van der Waals surface area contributed by atoms with Crippen LogP contribution < -0.4 is 0 Å². The number of rotatable bonds is 6. The Balaban J connectivity index is 1.46. The van der Waals surface area contributed by atoms with Crippen LogP contribution in [0.5, 0.6) is 0 Å². The van der Waals surface area contributed by atoms with Crippen LogP contribution >= 0.6 is 15.9 Å². The van der Waals surface area contributed by atoms with Crippen molar-refractivity contribution >= 4 is 27.6 Å². The van der Waals surface area contributed by atoms with Crippen LogP contribution in [0.25, 0.3) is 0 Å². The van der Waals surface area contributed by atoms with Crippen LogP contribution in [0.2, 0.25) is 0 Å². The van der Waals surface area contributed by atoms with Gasteiger partial charge in [-0.2, -0.15) is 5.26 Å². The highest BCUT2D eigenvalue weighted by Crippen LogP contribution is 2.14. The van der Waals surface area contributed by atoms with Gasteiger partial charge in [0.15, 0.2) is 5.78 Å². The molecule has 1 heterocycles. The number of Topliss-reactive ketones (excluding diaryl/α,β-unsaturated/α-hetero) is 1. The van der Waals surface area contributed by atoms with Gasteiger partial charge in [0.2, 0.25) is 5.91 Å². The SMILES string of the molecule is N#Cc1ccc(CN2CCCN(C(=O)CCC(=O)c3ccc(Br)cc3)CC2)cc1. The first-order valence-electron chi connectivity index (χ1n) is 9.83. The monoisotopic (exact) mass is 453 g/mol. The Labute approximate surface area is 180 Å². The van der Waals surface area contributed by atoms with Crippen LogP contribution in [0.15, 0.2) is 53.0 Å². The lowest BCUT2D eigenvalue weighted by Crippen LogP contribution is -2.35. The maximum absolute atomic E-state index is 12.6. The molecule has 1 saturated heterocycles. The third-order valence-corrected chi connectivity index (χ3v) is 5.69. The second-order valence-corrected chi connectivity index (χ2v) is 8.16. The Morgan fingerprint density at radius 3 is 2.34 bits per heavy atom. The van der Waals surface area contributed by atoms with Gasteiger partial charge in [0.25, 0.3) is 0 Å². The summed E-state index contributed by atoms with van der Waals surface area (Å²) in [6, 6.07) is 17.0. The van der Waals surface area contributed by atoms with E-state index in [0.29, 0.717) is 17.7 Å². The van der Waals surface area contributed by atoms with Crippen LogP contribution in [-0.2, 0) is 11.3 Å². The molecule has 0 saturated carbocycles. The number of carbonyl (C=O) groups excluding carboxylic acids is 2. The lowest BCUT2D eigenvalue weighted by molar-refractivity contribution is -0.131. The Hall–Kier alpha value is -2.49. The van der Waals surface area contributed by atoms with Crippen molar-refractivity contribution in [3.63, 3.8) is 0 Å². The summed E-state index contributed by atoms with van der Waals surface area (Å²) in [5.74, 6) is 0.0544. The van der Waals surface area contributed by atoms with Crippen LogP contribution in [0.1, 0.15) is 40.7 Å². The summed E-state index contributed by atoms with van der Waals surface area (Å²) >= 11 is 3.36. The van der Waals surface area contributed by atoms with Crippen LogP contribution in [0, 0.1) is 11.3 Å². The number of nitrogens with zero attached hydrogens (tertiary/aromatic N) is 3. The van der Waals surface area contributed by atoms with Gasteiger partial charge in [-0.25, -0.2) is 0 Å². The fraction of sp³-hybridized carbons (Fsp3) is 0.348. The summed E-state index contributed by atoms with van der Waals surface area (Å²) in [5, 5.41) is 8.90. The quantitative estimate of drug-likeness (QED) is 0.619. The van der Waals surface area contributed by atoms with Gasteiger partial charge in [0.05, 0.1) is 11.6 Å². The molecule has 0 aliphatic carbocycles. The summed E-state index contributed by atoms with van der Waals surface area (Å²) in [7, 11) is 0. The molecule has 1 amide bonds. The summed E-state index contributed by atoms with van der Waals surface area (Å²) in [5.41, 5.74) is 2.48. The fourth-order valence-corrected chi connectivity index (χ4v) is 3.74. The lowest BCUT2D eigenvalue weighted by atomic mass is 10.1. The third kappa shape index (κ3) is 6.25. The van der Waals surface area contributed by atoms with E-state index >= 15 is 0 Å². The average Bonchev–Trinajstić information content (AvgIpc) is 2.98. The Bertz CT molecular complexity index is 888. The molecule has 3 rings (SSSR count). The zero-order valence-corrected chi connectivity index (χ0v) is 17.9. The highest BCUT2D eigenvalue weighted by Gasteiger charge is 2.20. The lowest BCUT2D eigenvalue weighted by Gasteiger charge is -2.22. The molecule has 5 nitrogen and oxygen atoms in total. The van der Waals surface area contributed by atoms with Gasteiger partial charge in [0, 0.05) is 55.6 Å². The molecule has 0 N–H and O–H groups in total. The Morgan fingerprint density at radius 1 is 0.931 bits per heavy atom. The first-order valence-corrected chi connectivity index (χ1v) is 10.6. The molecule has 0 aromatic heterocycles. The summed E-state index contributed by atoms with van der Waals surface area (Å²) < 4.78 is 0.931. The maximum atomic E-state index is 12.6. The first kappa shape index (κ1) is 21.2. The van der Waals surface area contributed by atoms with E-state index in [-0.39, 0.29) is 24.5 Å². The summed E-state index contributed by atoms with van der Waals surface area (Å²) in [6.07, 6.45) is 1.42. The smallest absolute Gasteiger partial charge is 0.223 e. The van der Waals surface area contributed by atoms with Gasteiger partial charge in [-0.3, -0.25) is 14.5 Å². The Kier molecular flexibility index (Phi) is 7.56. The highest BCUT2D eigenvalue weighted by atomic mass is 79.9. The number of carbonyl (C=O) groups is 2. The van der Waals surface area contributed by atoms with Crippen molar-refractivity contribution in [2.45, 2.75) is 25.8 Å². The van der Waals surface area contributed by atoms with Crippen molar-refractivity contribution < 1.29 is 9.59 Å². The minimum Gasteiger partial charge on any atom is -0.341 e. The van der Waals surface area contributed by atoms with Crippen LogP contribution in [-0.4, -0.2) is 47.7 Å². The number of ketones is 1. The molecule has 0 unspecified atom stereocenters. The largest absolute Gasteiger partial charge is 0.341 e. The van der Waals surface area contributed by atoms with Crippen molar-refractivity contribution in [1.82, 2.24) is 9.80 Å². The second kappa shape index (κ2) is 10.3. The second-order valence-electron chi connectivity index (χ2n) is 7.25. The predicted molar refractivity (Wildman–Crippen MR) is 115 cm³/mol. The molecule has 0 bridgehead atoms. The zero-order valence-electron chi connectivity index (χ0n) is 16.3. The molecular formula is C23H24BrN3O2. The van der Waals surface area contributed by atoms with Crippen molar-refractivity contribution in [1.29, 1.82) is 5.26 Å². The number of halogens is 1. The molecule has 150 valence electrons. The zero-order chi connectivity index (χ0) is 20.6. The van der Waals surface area contributed by atoms with E-state index in [4.69, 9.17) is 5.26 Å². The number of benzene rings is 2. The van der Waals surface area contributed by atoms with E-state index < -0.39 is 0 Å². The van der Waals surface area contributed by atoms with Gasteiger partial charge < -0.3 is 4.90 Å². The molecule has 1 aliphatic rings. The highest BCUT2D eigenvalue weighted by molar-refractivity contribution is 9.10. The Morgan fingerprint density at radius 2 is 1.66 bits per heavy atom. The molecule has 1 aliphatic heterocycles. The van der Waals surface area contributed by atoms with Gasteiger partial charge in [-0.1, -0.05) is 40.2 Å². The normalized spacial score (nSPS) is 14.8. The van der Waals surface area contributed by atoms with E-state index in [2.05, 4.69) is 26.9 Å². The number of nitriles is 1. The molecule has 6 heteroatoms. The van der Waals surface area contributed by atoms with Crippen molar-refractivity contribution in [2.75, 3.05) is 26.2 Å². The molecule has 1 fully saturated rings. The standard InChI is InChI=1S/C23H24BrN3O2/c24-21-8-6-20(7-9-21)22(28)10-11-23(29)27-13-1-12-26(14-15-27)17-19-4-2-18(16-25)3-5-19/h2-9H,1,10-15,17H2. The minimum atomic E-state index is 0.00288. The topological polar surface area (TPSA) is 64.4 Å². The fourth-order valence-electron chi connectivity index (χ4n) is 3.48. The number of amides is 1. The van der Waals surface area contributed by atoms with Crippen LogP contribution in [0.3, 0.4) is 0 Å². The third-order valence-electron chi connectivity index (χ3n) is 5.16. The van der Waals surface area contributed by atoms with Gasteiger partial charge in [-0.05, 0) is 36.2 Å². The molecule has 2 aromatic rings. The summed E-state index contributed by atoms with van der Waals surface area (Å²) in [6.45, 7) is 3.97. The molecule has 0 atom stereocenters. The first-order chi connectivity index (χ1) is 14.0. The molecule has 0 radical (unpaired) electrons. The maximum Gasteiger partial charge on any atom is 0.223 e. The van der Waals surface area contributed by atoms with Crippen molar-refractivity contribution in [3.05, 3.63) is 69.7 Å². The molecule has 2 aromatic carbocycles. The van der Waals surface area contributed by atoms with E-state index in [0.717, 1.165) is 37.1 Å². The average molecular weight is 454 g/mol. The van der Waals surface area contributed by atoms with E-state index in [1.165, 1.54) is 5.56 Å². The molecule has 29 heavy (non-hydrogen) atoms. The van der Waals surface area contributed by atoms with E-state index in [1.807, 2.05) is 41.3 Å². The molecular weight excluding hydrogens is 430 g/mol.